The number of ether oxygens (including phenoxy) is 1. The summed E-state index contributed by atoms with van der Waals surface area (Å²) in [6, 6.07) is 0. The minimum atomic E-state index is 0.657. The van der Waals surface area contributed by atoms with E-state index in [0.717, 1.165) is 18.2 Å². The standard InChI is InChI=1S/C10H15N5O/c1-11-10-12-3-4-15(10)9-7-13-14(8-9)5-6-16-2/h3-4,7-8H,5-6H2,1-2H3,(H,11,12). The number of anilines is 1. The summed E-state index contributed by atoms with van der Waals surface area (Å²) in [4.78, 5) is 4.17. The zero-order valence-electron chi connectivity index (χ0n) is 9.42. The fraction of sp³-hybridized carbons (Fsp3) is 0.400. The van der Waals surface area contributed by atoms with Crippen LogP contribution in [0, 0.1) is 0 Å². The van der Waals surface area contributed by atoms with Crippen LogP contribution in [0.15, 0.2) is 24.8 Å². The smallest absolute Gasteiger partial charge is 0.207 e. The van der Waals surface area contributed by atoms with Crippen LogP contribution in [0.25, 0.3) is 5.69 Å². The molecule has 6 heteroatoms. The molecule has 2 rings (SSSR count). The second-order valence-electron chi connectivity index (χ2n) is 3.33. The van der Waals surface area contributed by atoms with Crippen molar-refractivity contribution < 1.29 is 4.74 Å². The summed E-state index contributed by atoms with van der Waals surface area (Å²) in [7, 11) is 3.52. The van der Waals surface area contributed by atoms with Gasteiger partial charge in [0.15, 0.2) is 0 Å². The van der Waals surface area contributed by atoms with Gasteiger partial charge in [-0.3, -0.25) is 9.25 Å². The Balaban J connectivity index is 2.18. The van der Waals surface area contributed by atoms with Crippen molar-refractivity contribution in [3.05, 3.63) is 24.8 Å². The molecule has 0 aliphatic carbocycles. The molecule has 0 atom stereocenters. The van der Waals surface area contributed by atoms with Crippen LogP contribution in [0.5, 0.6) is 0 Å². The van der Waals surface area contributed by atoms with Gasteiger partial charge < -0.3 is 10.1 Å². The highest BCUT2D eigenvalue weighted by molar-refractivity contribution is 5.38. The van der Waals surface area contributed by atoms with Gasteiger partial charge in [0.2, 0.25) is 5.95 Å². The molecule has 0 aromatic carbocycles. The fourth-order valence-corrected chi connectivity index (χ4v) is 1.48. The normalized spacial score (nSPS) is 10.6. The van der Waals surface area contributed by atoms with Crippen molar-refractivity contribution in [2.45, 2.75) is 6.54 Å². The predicted molar refractivity (Wildman–Crippen MR) is 60.8 cm³/mol. The molecule has 0 saturated heterocycles. The number of hydrogen-bond donors (Lipinski definition) is 1. The van der Waals surface area contributed by atoms with Crippen molar-refractivity contribution in [2.24, 2.45) is 0 Å². The Morgan fingerprint density at radius 3 is 3.12 bits per heavy atom. The number of imidazole rings is 1. The van der Waals surface area contributed by atoms with Crippen LogP contribution >= 0.6 is 0 Å². The summed E-state index contributed by atoms with van der Waals surface area (Å²) in [5, 5.41) is 7.26. The average Bonchev–Trinajstić information content (AvgIpc) is 2.94. The zero-order valence-corrected chi connectivity index (χ0v) is 9.42. The Bertz CT molecular complexity index is 448. The first kappa shape index (κ1) is 10.7. The maximum absolute atomic E-state index is 5.00. The second kappa shape index (κ2) is 4.80. The first-order chi connectivity index (χ1) is 7.85. The van der Waals surface area contributed by atoms with Gasteiger partial charge in [0.25, 0.3) is 0 Å². The van der Waals surface area contributed by atoms with Crippen molar-refractivity contribution in [2.75, 3.05) is 26.1 Å². The van der Waals surface area contributed by atoms with Crippen molar-refractivity contribution in [1.29, 1.82) is 0 Å². The van der Waals surface area contributed by atoms with E-state index in [4.69, 9.17) is 4.74 Å². The molecule has 0 saturated carbocycles. The summed E-state index contributed by atoms with van der Waals surface area (Å²) in [6.45, 7) is 1.41. The maximum atomic E-state index is 5.00. The maximum Gasteiger partial charge on any atom is 0.207 e. The highest BCUT2D eigenvalue weighted by atomic mass is 16.5. The lowest BCUT2D eigenvalue weighted by Gasteiger charge is -2.03. The van der Waals surface area contributed by atoms with E-state index in [9.17, 15) is 0 Å². The van der Waals surface area contributed by atoms with Gasteiger partial charge in [-0.1, -0.05) is 0 Å². The highest BCUT2D eigenvalue weighted by Gasteiger charge is 2.05. The van der Waals surface area contributed by atoms with Crippen LogP contribution in [0.2, 0.25) is 0 Å². The summed E-state index contributed by atoms with van der Waals surface area (Å²) in [5.41, 5.74) is 0.984. The van der Waals surface area contributed by atoms with Crippen molar-refractivity contribution in [3.63, 3.8) is 0 Å². The lowest BCUT2D eigenvalue weighted by molar-refractivity contribution is 0.183. The third-order valence-corrected chi connectivity index (χ3v) is 2.29. The van der Waals surface area contributed by atoms with Gasteiger partial charge in [0.05, 0.1) is 25.0 Å². The minimum Gasteiger partial charge on any atom is -0.383 e. The largest absolute Gasteiger partial charge is 0.383 e. The van der Waals surface area contributed by atoms with Crippen molar-refractivity contribution >= 4 is 5.95 Å². The van der Waals surface area contributed by atoms with Crippen LogP contribution < -0.4 is 5.32 Å². The molecule has 0 bridgehead atoms. The highest BCUT2D eigenvalue weighted by Crippen LogP contribution is 2.12. The van der Waals surface area contributed by atoms with E-state index in [1.54, 1.807) is 19.5 Å². The van der Waals surface area contributed by atoms with E-state index < -0.39 is 0 Å². The zero-order chi connectivity index (χ0) is 11.4. The molecule has 0 aliphatic heterocycles. The Labute approximate surface area is 93.9 Å². The number of nitrogens with zero attached hydrogens (tertiary/aromatic N) is 4. The van der Waals surface area contributed by atoms with E-state index >= 15 is 0 Å². The first-order valence-corrected chi connectivity index (χ1v) is 5.08. The molecule has 2 aromatic heterocycles. The predicted octanol–water partition coefficient (Wildman–Crippen LogP) is 0.757. The minimum absolute atomic E-state index is 0.657. The van der Waals surface area contributed by atoms with E-state index in [1.165, 1.54) is 0 Å². The van der Waals surface area contributed by atoms with Gasteiger partial charge in [-0.2, -0.15) is 5.10 Å². The Morgan fingerprint density at radius 1 is 1.50 bits per heavy atom. The third kappa shape index (κ3) is 2.06. The molecule has 2 heterocycles. The fourth-order valence-electron chi connectivity index (χ4n) is 1.48. The molecular formula is C10H15N5O. The van der Waals surface area contributed by atoms with Gasteiger partial charge in [-0.05, 0) is 0 Å². The lowest BCUT2D eigenvalue weighted by atomic mass is 10.5. The topological polar surface area (TPSA) is 56.9 Å². The van der Waals surface area contributed by atoms with Gasteiger partial charge in [0.1, 0.15) is 0 Å². The Kier molecular flexibility index (Phi) is 3.21. The first-order valence-electron chi connectivity index (χ1n) is 5.08. The van der Waals surface area contributed by atoms with Crippen molar-refractivity contribution in [1.82, 2.24) is 19.3 Å². The molecule has 16 heavy (non-hydrogen) atoms. The second-order valence-corrected chi connectivity index (χ2v) is 3.33. The SMILES string of the molecule is CNc1nccn1-c1cnn(CCOC)c1. The number of nitrogens with one attached hydrogen (secondary N) is 1. The molecule has 0 fully saturated rings. The van der Waals surface area contributed by atoms with E-state index in [1.807, 2.05) is 28.7 Å². The molecular weight excluding hydrogens is 206 g/mol. The molecule has 86 valence electrons. The molecule has 6 nitrogen and oxygen atoms in total. The number of rotatable bonds is 5. The van der Waals surface area contributed by atoms with Crippen LogP contribution in [0.3, 0.4) is 0 Å². The molecule has 2 aromatic rings. The molecule has 0 spiro atoms. The Hall–Kier alpha value is -1.82. The van der Waals surface area contributed by atoms with E-state index in [0.29, 0.717) is 6.61 Å². The third-order valence-electron chi connectivity index (χ3n) is 2.29. The van der Waals surface area contributed by atoms with Gasteiger partial charge >= 0.3 is 0 Å². The Morgan fingerprint density at radius 2 is 2.38 bits per heavy atom. The molecule has 0 amide bonds. The van der Waals surface area contributed by atoms with Gasteiger partial charge in [0, 0.05) is 32.7 Å². The van der Waals surface area contributed by atoms with Gasteiger partial charge in [-0.25, -0.2) is 4.98 Å². The van der Waals surface area contributed by atoms with Crippen LogP contribution in [-0.2, 0) is 11.3 Å². The number of methoxy groups -OCH3 is 1. The molecule has 0 radical (unpaired) electrons. The number of hydrogen-bond acceptors (Lipinski definition) is 4. The summed E-state index contributed by atoms with van der Waals surface area (Å²) < 4.78 is 8.78. The average molecular weight is 221 g/mol. The number of aromatic nitrogens is 4. The quantitative estimate of drug-likeness (QED) is 0.809. The van der Waals surface area contributed by atoms with Crippen LogP contribution in [0.4, 0.5) is 5.95 Å². The van der Waals surface area contributed by atoms with E-state index in [2.05, 4.69) is 15.4 Å². The van der Waals surface area contributed by atoms with Gasteiger partial charge in [-0.15, -0.1) is 0 Å². The summed E-state index contributed by atoms with van der Waals surface area (Å²) in [5.74, 6) is 0.797. The summed E-state index contributed by atoms with van der Waals surface area (Å²) in [6.07, 6.45) is 7.40. The lowest BCUT2D eigenvalue weighted by Crippen LogP contribution is -2.04. The molecule has 0 aliphatic rings. The monoisotopic (exact) mass is 221 g/mol. The molecule has 0 unspecified atom stereocenters. The van der Waals surface area contributed by atoms with E-state index in [-0.39, 0.29) is 0 Å². The van der Waals surface area contributed by atoms with Crippen LogP contribution in [0.1, 0.15) is 0 Å². The van der Waals surface area contributed by atoms with Crippen molar-refractivity contribution in [3.8, 4) is 5.69 Å². The molecule has 1 N–H and O–H groups in total. The van der Waals surface area contributed by atoms with Crippen LogP contribution in [-0.4, -0.2) is 40.1 Å². The summed E-state index contributed by atoms with van der Waals surface area (Å²) >= 11 is 0.